The fourth-order valence-corrected chi connectivity index (χ4v) is 3.37. The van der Waals surface area contributed by atoms with Gasteiger partial charge in [0.2, 0.25) is 0 Å². The molecule has 3 heterocycles. The molecule has 104 valence electrons. The zero-order valence-electron chi connectivity index (χ0n) is 11.2. The van der Waals surface area contributed by atoms with Crippen LogP contribution in [-0.2, 0) is 0 Å². The molecule has 0 unspecified atom stereocenters. The summed E-state index contributed by atoms with van der Waals surface area (Å²) in [6, 6.07) is 9.75. The van der Waals surface area contributed by atoms with Crippen LogP contribution in [0.5, 0.6) is 5.75 Å². The lowest BCUT2D eigenvalue weighted by Crippen LogP contribution is -2.17. The number of benzene rings is 1. The van der Waals surface area contributed by atoms with Crippen molar-refractivity contribution >= 4 is 26.9 Å². The molecule has 0 aliphatic carbocycles. The van der Waals surface area contributed by atoms with Crippen molar-refractivity contribution in [3.05, 3.63) is 52.4 Å². The molecule has 1 aromatic carbocycles. The largest absolute Gasteiger partial charge is 0.495 e. The highest BCUT2D eigenvalue weighted by atomic mass is 32.1. The molecule has 0 aliphatic rings. The summed E-state index contributed by atoms with van der Waals surface area (Å²) in [4.78, 5) is 11.8. The summed E-state index contributed by atoms with van der Waals surface area (Å²) < 4.78 is 8.29. The highest BCUT2D eigenvalue weighted by Gasteiger charge is 2.15. The van der Waals surface area contributed by atoms with Crippen molar-refractivity contribution in [2.75, 3.05) is 7.11 Å². The number of methoxy groups -OCH3 is 1. The van der Waals surface area contributed by atoms with Gasteiger partial charge in [0.25, 0.3) is 0 Å². The van der Waals surface area contributed by atoms with Gasteiger partial charge in [-0.15, -0.1) is 11.3 Å². The van der Waals surface area contributed by atoms with Crippen molar-refractivity contribution in [1.82, 2.24) is 14.6 Å². The normalized spacial score (nSPS) is 11.3. The fraction of sp³-hybridized carbons (Fsp3) is 0.0667. The molecular formula is C15H11N3O2S. The second-order valence-electron chi connectivity index (χ2n) is 4.62. The minimum Gasteiger partial charge on any atom is -0.495 e. The Kier molecular flexibility index (Phi) is 2.58. The Balaban J connectivity index is 2.11. The zero-order chi connectivity index (χ0) is 14.4. The summed E-state index contributed by atoms with van der Waals surface area (Å²) in [6.07, 6.45) is 1.72. The minimum atomic E-state index is -0.255. The summed E-state index contributed by atoms with van der Waals surface area (Å²) in [5.41, 5.74) is 2.06. The molecule has 0 spiro atoms. The summed E-state index contributed by atoms with van der Waals surface area (Å²) in [7, 11) is 1.65. The van der Waals surface area contributed by atoms with Gasteiger partial charge >= 0.3 is 5.69 Å². The van der Waals surface area contributed by atoms with Crippen LogP contribution in [0.4, 0.5) is 0 Å². The molecule has 0 aliphatic heterocycles. The number of H-pyrrole nitrogens is 1. The molecule has 0 amide bonds. The van der Waals surface area contributed by atoms with Gasteiger partial charge in [-0.3, -0.25) is 4.40 Å². The van der Waals surface area contributed by atoms with Crippen molar-refractivity contribution in [1.29, 1.82) is 0 Å². The molecule has 0 fully saturated rings. The molecule has 1 N–H and O–H groups in total. The predicted molar refractivity (Wildman–Crippen MR) is 83.2 cm³/mol. The van der Waals surface area contributed by atoms with Gasteiger partial charge in [0, 0.05) is 21.8 Å². The maximum absolute atomic E-state index is 11.8. The van der Waals surface area contributed by atoms with E-state index in [9.17, 15) is 4.79 Å². The third-order valence-corrected chi connectivity index (χ3v) is 4.40. The summed E-state index contributed by atoms with van der Waals surface area (Å²) in [5, 5.41) is 9.82. The Morgan fingerprint density at radius 3 is 3.05 bits per heavy atom. The van der Waals surface area contributed by atoms with E-state index < -0.39 is 0 Å². The third-order valence-electron chi connectivity index (χ3n) is 3.52. The first-order valence-electron chi connectivity index (χ1n) is 6.40. The Morgan fingerprint density at radius 2 is 2.19 bits per heavy atom. The second-order valence-corrected chi connectivity index (χ2v) is 5.57. The van der Waals surface area contributed by atoms with Gasteiger partial charge in [-0.05, 0) is 35.7 Å². The van der Waals surface area contributed by atoms with Gasteiger partial charge < -0.3 is 4.74 Å². The second kappa shape index (κ2) is 4.46. The number of nitrogens with zero attached hydrogens (tertiary/aromatic N) is 2. The van der Waals surface area contributed by atoms with Gasteiger partial charge in [0.05, 0.1) is 12.6 Å². The molecule has 3 aromatic heterocycles. The van der Waals surface area contributed by atoms with Crippen molar-refractivity contribution in [2.24, 2.45) is 0 Å². The van der Waals surface area contributed by atoms with Crippen molar-refractivity contribution < 1.29 is 4.74 Å². The van der Waals surface area contributed by atoms with Crippen LogP contribution >= 0.6 is 11.3 Å². The summed E-state index contributed by atoms with van der Waals surface area (Å²) >= 11 is 1.67. The predicted octanol–water partition coefficient (Wildman–Crippen LogP) is 2.91. The van der Waals surface area contributed by atoms with Crippen molar-refractivity contribution in [3.63, 3.8) is 0 Å². The Labute approximate surface area is 123 Å². The van der Waals surface area contributed by atoms with E-state index in [-0.39, 0.29) is 5.69 Å². The average molecular weight is 297 g/mol. The van der Waals surface area contributed by atoms with E-state index in [2.05, 4.69) is 10.2 Å². The third kappa shape index (κ3) is 1.69. The molecular weight excluding hydrogens is 286 g/mol. The van der Waals surface area contributed by atoms with Crippen LogP contribution in [0.2, 0.25) is 0 Å². The van der Waals surface area contributed by atoms with Crippen molar-refractivity contribution in [2.45, 2.75) is 0 Å². The van der Waals surface area contributed by atoms with Crippen LogP contribution in [0.1, 0.15) is 0 Å². The van der Waals surface area contributed by atoms with E-state index in [0.29, 0.717) is 5.69 Å². The Bertz CT molecular complexity index is 1010. The van der Waals surface area contributed by atoms with Gasteiger partial charge in [-0.2, -0.15) is 5.10 Å². The van der Waals surface area contributed by atoms with Gasteiger partial charge in [0.1, 0.15) is 11.4 Å². The molecule has 5 nitrogen and oxygen atoms in total. The van der Waals surface area contributed by atoms with E-state index in [0.717, 1.165) is 26.9 Å². The maximum atomic E-state index is 11.8. The van der Waals surface area contributed by atoms with E-state index in [1.54, 1.807) is 29.0 Å². The SMILES string of the molecule is COc1c(-c2n[nH]c(=O)n3cccc23)ccc2sccc12. The van der Waals surface area contributed by atoms with Crippen LogP contribution in [0.15, 0.2) is 46.7 Å². The quantitative estimate of drug-likeness (QED) is 0.619. The lowest BCUT2D eigenvalue weighted by molar-refractivity contribution is 0.421. The average Bonchev–Trinajstić information content (AvgIpc) is 3.15. The molecule has 21 heavy (non-hydrogen) atoms. The highest BCUT2D eigenvalue weighted by molar-refractivity contribution is 7.17. The summed E-state index contributed by atoms with van der Waals surface area (Å²) in [6.45, 7) is 0. The monoisotopic (exact) mass is 297 g/mol. The van der Waals surface area contributed by atoms with Crippen LogP contribution in [0.25, 0.3) is 26.9 Å². The number of nitrogens with one attached hydrogen (secondary N) is 1. The zero-order valence-corrected chi connectivity index (χ0v) is 12.0. The van der Waals surface area contributed by atoms with Gasteiger partial charge in [-0.1, -0.05) is 0 Å². The molecule has 0 saturated carbocycles. The number of fused-ring (bicyclic) bond motifs is 2. The van der Waals surface area contributed by atoms with E-state index in [1.165, 1.54) is 0 Å². The van der Waals surface area contributed by atoms with Crippen LogP contribution in [0.3, 0.4) is 0 Å². The van der Waals surface area contributed by atoms with Gasteiger partial charge in [-0.25, -0.2) is 9.89 Å². The smallest absolute Gasteiger partial charge is 0.346 e. The number of ether oxygens (including phenoxy) is 1. The maximum Gasteiger partial charge on any atom is 0.346 e. The van der Waals surface area contributed by atoms with E-state index in [1.807, 2.05) is 35.7 Å². The molecule has 0 bridgehead atoms. The first-order valence-corrected chi connectivity index (χ1v) is 7.28. The number of hydrogen-bond donors (Lipinski definition) is 1. The molecule has 4 aromatic rings. The Morgan fingerprint density at radius 1 is 1.29 bits per heavy atom. The standard InChI is InChI=1S/C15H11N3O2S/c1-20-14-9-6-8-21-12(9)5-4-10(14)13-11-3-2-7-18(11)15(19)17-16-13/h2-8H,1H3,(H,17,19). The first-order chi connectivity index (χ1) is 10.3. The molecule has 4 rings (SSSR count). The molecule has 0 radical (unpaired) electrons. The lowest BCUT2D eigenvalue weighted by atomic mass is 10.1. The lowest BCUT2D eigenvalue weighted by Gasteiger charge is -2.10. The van der Waals surface area contributed by atoms with Crippen LogP contribution in [0, 0.1) is 0 Å². The molecule has 0 atom stereocenters. The summed E-state index contributed by atoms with van der Waals surface area (Å²) in [5.74, 6) is 0.774. The number of aromatic amines is 1. The number of thiophene rings is 1. The number of rotatable bonds is 2. The molecule has 0 saturated heterocycles. The van der Waals surface area contributed by atoms with Gasteiger partial charge in [0.15, 0.2) is 0 Å². The van der Waals surface area contributed by atoms with E-state index in [4.69, 9.17) is 4.74 Å². The highest BCUT2D eigenvalue weighted by Crippen LogP contribution is 2.38. The van der Waals surface area contributed by atoms with Crippen LogP contribution < -0.4 is 10.4 Å². The topological polar surface area (TPSA) is 59.4 Å². The minimum absolute atomic E-state index is 0.255. The van der Waals surface area contributed by atoms with E-state index >= 15 is 0 Å². The number of hydrogen-bond acceptors (Lipinski definition) is 4. The first kappa shape index (κ1) is 12.2. The molecule has 6 heteroatoms. The Hall–Kier alpha value is -2.60. The number of aromatic nitrogens is 3. The fourth-order valence-electron chi connectivity index (χ4n) is 2.59. The van der Waals surface area contributed by atoms with Crippen LogP contribution in [-0.4, -0.2) is 21.7 Å². The van der Waals surface area contributed by atoms with Crippen molar-refractivity contribution in [3.8, 4) is 17.0 Å².